The van der Waals surface area contributed by atoms with Crippen molar-refractivity contribution in [3.63, 3.8) is 0 Å². The van der Waals surface area contributed by atoms with Crippen LogP contribution in [0.1, 0.15) is 33.1 Å². The minimum absolute atomic E-state index is 0.0305. The average molecular weight is 491 g/mol. The number of carbonyl (C=O) groups excluding carboxylic acids is 2. The Morgan fingerprint density at radius 1 is 0.943 bits per heavy atom. The molecule has 0 radical (unpaired) electrons. The van der Waals surface area contributed by atoms with Crippen molar-refractivity contribution in [3.8, 4) is 0 Å². The topological polar surface area (TPSA) is 98.2 Å². The fourth-order valence-electron chi connectivity index (χ4n) is 4.09. The van der Waals surface area contributed by atoms with Crippen molar-refractivity contribution in [1.82, 2.24) is 4.90 Å². The van der Waals surface area contributed by atoms with Gasteiger partial charge in [0.15, 0.2) is 0 Å². The molecule has 2 N–H and O–H groups in total. The molecule has 3 aromatic rings. The number of rotatable bonds is 6. The summed E-state index contributed by atoms with van der Waals surface area (Å²) in [6.07, 6.45) is 0. The number of benzene rings is 3. The third-order valence-electron chi connectivity index (χ3n) is 5.92. The second kappa shape index (κ2) is 9.64. The van der Waals surface area contributed by atoms with E-state index in [0.717, 1.165) is 5.69 Å². The first-order chi connectivity index (χ1) is 16.7. The maximum absolute atomic E-state index is 13.2. The van der Waals surface area contributed by atoms with Gasteiger partial charge in [0, 0.05) is 36.9 Å². The zero-order chi connectivity index (χ0) is 25.3. The standard InChI is InChI=1S/C27H23ClN2O5/c1-29(2)21-12-10-17(11-13-21)23-22(24(31)19-4-3-5-20(28)14-19)25(32)26(33)30(23)15-16-6-8-18(9-7-16)27(34)35/h3-14,23,31H,15H2,1-2H3,(H,34,35)/b24-22+. The van der Waals surface area contributed by atoms with Crippen molar-refractivity contribution >= 4 is 40.7 Å². The minimum atomic E-state index is -1.06. The number of hydrogen-bond donors (Lipinski definition) is 2. The van der Waals surface area contributed by atoms with E-state index in [1.807, 2.05) is 43.3 Å². The predicted molar refractivity (Wildman–Crippen MR) is 133 cm³/mol. The summed E-state index contributed by atoms with van der Waals surface area (Å²) < 4.78 is 0. The molecule has 178 valence electrons. The van der Waals surface area contributed by atoms with E-state index >= 15 is 0 Å². The molecule has 1 atom stereocenters. The van der Waals surface area contributed by atoms with Crippen LogP contribution in [0.5, 0.6) is 0 Å². The molecule has 1 amide bonds. The first-order valence-corrected chi connectivity index (χ1v) is 11.2. The summed E-state index contributed by atoms with van der Waals surface area (Å²) in [6.45, 7) is 0.0525. The molecule has 1 heterocycles. The number of amides is 1. The van der Waals surface area contributed by atoms with Crippen LogP contribution < -0.4 is 4.90 Å². The maximum atomic E-state index is 13.2. The molecule has 35 heavy (non-hydrogen) atoms. The monoisotopic (exact) mass is 490 g/mol. The largest absolute Gasteiger partial charge is 0.507 e. The van der Waals surface area contributed by atoms with Crippen molar-refractivity contribution in [2.75, 3.05) is 19.0 Å². The highest BCUT2D eigenvalue weighted by Gasteiger charge is 2.46. The van der Waals surface area contributed by atoms with Crippen LogP contribution >= 0.6 is 11.6 Å². The molecule has 0 aliphatic carbocycles. The van der Waals surface area contributed by atoms with Crippen LogP contribution in [0.25, 0.3) is 5.76 Å². The Hall–Kier alpha value is -4.10. The number of aliphatic hydroxyl groups is 1. The molecule has 1 aliphatic rings. The van der Waals surface area contributed by atoms with Crippen LogP contribution in [0, 0.1) is 0 Å². The number of likely N-dealkylation sites (tertiary alicyclic amines) is 1. The normalized spacial score (nSPS) is 17.0. The molecule has 1 saturated heterocycles. The lowest BCUT2D eigenvalue weighted by Gasteiger charge is -2.26. The van der Waals surface area contributed by atoms with Crippen LogP contribution in [-0.2, 0) is 16.1 Å². The molecular formula is C27H23ClN2O5. The molecule has 1 unspecified atom stereocenters. The minimum Gasteiger partial charge on any atom is -0.507 e. The van der Waals surface area contributed by atoms with Crippen molar-refractivity contribution in [1.29, 1.82) is 0 Å². The second-order valence-electron chi connectivity index (χ2n) is 8.43. The van der Waals surface area contributed by atoms with Gasteiger partial charge in [-0.25, -0.2) is 4.79 Å². The van der Waals surface area contributed by atoms with Gasteiger partial charge >= 0.3 is 5.97 Å². The number of aromatic carboxylic acids is 1. The van der Waals surface area contributed by atoms with Gasteiger partial charge in [0.1, 0.15) is 5.76 Å². The number of carbonyl (C=O) groups is 3. The Kier molecular flexibility index (Phi) is 6.62. The van der Waals surface area contributed by atoms with Gasteiger partial charge in [-0.15, -0.1) is 0 Å². The van der Waals surface area contributed by atoms with E-state index in [4.69, 9.17) is 16.7 Å². The quantitative estimate of drug-likeness (QED) is 0.294. The zero-order valence-electron chi connectivity index (χ0n) is 19.1. The first kappa shape index (κ1) is 24.0. The third-order valence-corrected chi connectivity index (χ3v) is 6.15. The Labute approximate surface area is 207 Å². The molecule has 0 bridgehead atoms. The van der Waals surface area contributed by atoms with Gasteiger partial charge in [-0.2, -0.15) is 0 Å². The van der Waals surface area contributed by atoms with E-state index in [0.29, 0.717) is 21.7 Å². The summed E-state index contributed by atoms with van der Waals surface area (Å²) in [6, 6.07) is 19.1. The van der Waals surface area contributed by atoms with Gasteiger partial charge < -0.3 is 20.0 Å². The van der Waals surface area contributed by atoms with Gasteiger partial charge in [0.05, 0.1) is 17.2 Å². The number of carboxylic acid groups (broad SMARTS) is 1. The van der Waals surface area contributed by atoms with E-state index in [1.165, 1.54) is 23.1 Å². The lowest BCUT2D eigenvalue weighted by atomic mass is 9.95. The maximum Gasteiger partial charge on any atom is 0.335 e. The van der Waals surface area contributed by atoms with Gasteiger partial charge in [0.25, 0.3) is 11.7 Å². The molecule has 3 aromatic carbocycles. The number of ketones is 1. The van der Waals surface area contributed by atoms with Gasteiger partial charge in [-0.3, -0.25) is 9.59 Å². The van der Waals surface area contributed by atoms with Crippen molar-refractivity contribution < 1.29 is 24.6 Å². The second-order valence-corrected chi connectivity index (χ2v) is 8.86. The number of halogens is 1. The summed E-state index contributed by atoms with van der Waals surface area (Å²) in [5, 5.41) is 20.7. The molecule has 0 saturated carbocycles. The van der Waals surface area contributed by atoms with Gasteiger partial charge in [0.2, 0.25) is 0 Å². The van der Waals surface area contributed by atoms with Crippen LogP contribution in [0.4, 0.5) is 5.69 Å². The summed E-state index contributed by atoms with van der Waals surface area (Å²) in [5.41, 5.74) is 2.65. The lowest BCUT2D eigenvalue weighted by Crippen LogP contribution is -2.29. The molecule has 4 rings (SSSR count). The summed E-state index contributed by atoms with van der Waals surface area (Å²) in [5.74, 6) is -2.92. The molecule has 1 aliphatic heterocycles. The van der Waals surface area contributed by atoms with E-state index in [9.17, 15) is 19.5 Å². The zero-order valence-corrected chi connectivity index (χ0v) is 19.9. The van der Waals surface area contributed by atoms with Crippen molar-refractivity contribution in [3.05, 3.63) is 106 Å². The van der Waals surface area contributed by atoms with E-state index in [-0.39, 0.29) is 23.4 Å². The SMILES string of the molecule is CN(C)c1ccc(C2/C(=C(\O)c3cccc(Cl)c3)C(=O)C(=O)N2Cc2ccc(C(=O)O)cc2)cc1. The fourth-order valence-corrected chi connectivity index (χ4v) is 4.28. The number of Topliss-reactive ketones (excluding diaryl/α,β-unsaturated/α-hetero) is 1. The molecule has 0 aromatic heterocycles. The molecule has 8 heteroatoms. The van der Waals surface area contributed by atoms with Crippen molar-refractivity contribution in [2.24, 2.45) is 0 Å². The number of hydrogen-bond acceptors (Lipinski definition) is 5. The Balaban J connectivity index is 1.82. The van der Waals surface area contributed by atoms with E-state index in [2.05, 4.69) is 0 Å². The van der Waals surface area contributed by atoms with E-state index in [1.54, 1.807) is 30.3 Å². The molecule has 1 fully saturated rings. The van der Waals surface area contributed by atoms with Gasteiger partial charge in [-0.1, -0.05) is 48.0 Å². The summed E-state index contributed by atoms with van der Waals surface area (Å²) in [7, 11) is 3.81. The van der Waals surface area contributed by atoms with Crippen LogP contribution in [0.3, 0.4) is 0 Å². The molecular weight excluding hydrogens is 468 g/mol. The van der Waals surface area contributed by atoms with Gasteiger partial charge in [-0.05, 0) is 47.5 Å². The Bertz CT molecular complexity index is 1330. The fraction of sp³-hybridized carbons (Fsp3) is 0.148. The van der Waals surface area contributed by atoms with Crippen LogP contribution in [-0.4, -0.2) is 46.9 Å². The number of anilines is 1. The number of carboxylic acids is 1. The van der Waals surface area contributed by atoms with Crippen LogP contribution in [0.15, 0.2) is 78.4 Å². The average Bonchev–Trinajstić information content (AvgIpc) is 3.09. The number of aliphatic hydroxyl groups excluding tert-OH is 1. The smallest absolute Gasteiger partial charge is 0.335 e. The van der Waals surface area contributed by atoms with E-state index < -0.39 is 23.7 Å². The highest BCUT2D eigenvalue weighted by atomic mass is 35.5. The highest BCUT2D eigenvalue weighted by molar-refractivity contribution is 6.46. The number of nitrogens with zero attached hydrogens (tertiary/aromatic N) is 2. The lowest BCUT2D eigenvalue weighted by molar-refractivity contribution is -0.140. The Morgan fingerprint density at radius 3 is 2.17 bits per heavy atom. The Morgan fingerprint density at radius 2 is 1.60 bits per heavy atom. The third kappa shape index (κ3) is 4.76. The summed E-state index contributed by atoms with van der Waals surface area (Å²) >= 11 is 6.09. The highest BCUT2D eigenvalue weighted by Crippen LogP contribution is 2.41. The summed E-state index contributed by atoms with van der Waals surface area (Å²) in [4.78, 5) is 40.8. The van der Waals surface area contributed by atoms with Crippen LogP contribution in [0.2, 0.25) is 5.02 Å². The molecule has 0 spiro atoms. The predicted octanol–water partition coefficient (Wildman–Crippen LogP) is 4.73. The van der Waals surface area contributed by atoms with Crippen molar-refractivity contribution in [2.45, 2.75) is 12.6 Å². The molecule has 7 nitrogen and oxygen atoms in total. The first-order valence-electron chi connectivity index (χ1n) is 10.8.